The van der Waals surface area contributed by atoms with Crippen LogP contribution in [0.15, 0.2) is 30.3 Å². The fourth-order valence-electron chi connectivity index (χ4n) is 5.02. The number of benzene rings is 1. The van der Waals surface area contributed by atoms with E-state index in [0.29, 0.717) is 23.9 Å². The van der Waals surface area contributed by atoms with E-state index in [9.17, 15) is 4.79 Å². The molecule has 2 heterocycles. The highest BCUT2D eigenvalue weighted by atomic mass is 35.5. The molecule has 1 aromatic carbocycles. The van der Waals surface area contributed by atoms with Crippen molar-refractivity contribution in [1.29, 1.82) is 0 Å². The number of nitrogens with zero attached hydrogens (tertiary/aromatic N) is 1. The third-order valence-electron chi connectivity index (χ3n) is 6.29. The highest BCUT2D eigenvalue weighted by Gasteiger charge is 2.42. The molecule has 2 saturated heterocycles. The Bertz CT molecular complexity index is 550. The summed E-state index contributed by atoms with van der Waals surface area (Å²) in [5.74, 6) is 1.59. The van der Waals surface area contributed by atoms with Crippen molar-refractivity contribution in [3.63, 3.8) is 0 Å². The number of hydrogen-bond acceptors (Lipinski definition) is 2. The minimum Gasteiger partial charge on any atom is -0.338 e. The smallest absolute Gasteiger partial charge is 0.239 e. The third-order valence-corrected chi connectivity index (χ3v) is 6.29. The molecule has 3 aliphatic rings. The van der Waals surface area contributed by atoms with Gasteiger partial charge in [0.2, 0.25) is 5.91 Å². The molecule has 1 amide bonds. The van der Waals surface area contributed by atoms with Crippen molar-refractivity contribution in [3.05, 3.63) is 35.9 Å². The Morgan fingerprint density at radius 2 is 1.88 bits per heavy atom. The van der Waals surface area contributed by atoms with Gasteiger partial charge in [-0.15, -0.1) is 12.4 Å². The van der Waals surface area contributed by atoms with Crippen LogP contribution < -0.4 is 5.32 Å². The predicted molar refractivity (Wildman–Crippen MR) is 99.5 cm³/mol. The normalized spacial score (nSPS) is 35.4. The molecule has 3 fully saturated rings. The molecular formula is C20H29ClN2O. The van der Waals surface area contributed by atoms with Gasteiger partial charge in [-0.2, -0.15) is 0 Å². The molecule has 0 aromatic heterocycles. The monoisotopic (exact) mass is 348 g/mol. The lowest BCUT2D eigenvalue weighted by atomic mass is 9.85. The summed E-state index contributed by atoms with van der Waals surface area (Å²) in [6.07, 6.45) is 7.39. The summed E-state index contributed by atoms with van der Waals surface area (Å²) in [7, 11) is 0. The van der Waals surface area contributed by atoms with Crippen LogP contribution in [0.25, 0.3) is 0 Å². The van der Waals surface area contributed by atoms with Gasteiger partial charge in [0.05, 0.1) is 6.04 Å². The molecule has 0 bridgehead atoms. The average Bonchev–Trinajstić information content (AvgIpc) is 3.18. The molecule has 1 aliphatic carbocycles. The van der Waals surface area contributed by atoms with E-state index >= 15 is 0 Å². The van der Waals surface area contributed by atoms with Gasteiger partial charge in [-0.05, 0) is 44.1 Å². The van der Waals surface area contributed by atoms with Crippen LogP contribution in [0.4, 0.5) is 0 Å². The van der Waals surface area contributed by atoms with Crippen molar-refractivity contribution in [2.45, 2.75) is 69.5 Å². The van der Waals surface area contributed by atoms with Gasteiger partial charge >= 0.3 is 0 Å². The molecule has 24 heavy (non-hydrogen) atoms. The molecule has 2 aliphatic heterocycles. The first-order valence-corrected chi connectivity index (χ1v) is 9.34. The molecule has 3 nitrogen and oxygen atoms in total. The zero-order chi connectivity index (χ0) is 15.8. The van der Waals surface area contributed by atoms with Gasteiger partial charge in [-0.1, -0.05) is 43.2 Å². The van der Waals surface area contributed by atoms with E-state index in [1.807, 2.05) is 0 Å². The number of halogens is 1. The minimum absolute atomic E-state index is 0. The van der Waals surface area contributed by atoms with Crippen LogP contribution in [0.5, 0.6) is 0 Å². The Hall–Kier alpha value is -1.06. The third kappa shape index (κ3) is 3.34. The first-order chi connectivity index (χ1) is 11.2. The van der Waals surface area contributed by atoms with Gasteiger partial charge in [-0.3, -0.25) is 4.79 Å². The Balaban J connectivity index is 0.00000169. The highest BCUT2D eigenvalue weighted by Crippen LogP contribution is 2.36. The lowest BCUT2D eigenvalue weighted by Crippen LogP contribution is -2.46. The lowest BCUT2D eigenvalue weighted by Gasteiger charge is -2.26. The largest absolute Gasteiger partial charge is 0.338 e. The van der Waals surface area contributed by atoms with E-state index in [1.165, 1.54) is 31.2 Å². The van der Waals surface area contributed by atoms with Crippen molar-refractivity contribution < 1.29 is 4.79 Å². The van der Waals surface area contributed by atoms with Crippen molar-refractivity contribution in [1.82, 2.24) is 10.2 Å². The molecule has 5 unspecified atom stereocenters. The molecule has 0 radical (unpaired) electrons. The topological polar surface area (TPSA) is 32.3 Å². The molecule has 1 N–H and O–H groups in total. The molecular weight excluding hydrogens is 320 g/mol. The lowest BCUT2D eigenvalue weighted by molar-refractivity contribution is -0.133. The summed E-state index contributed by atoms with van der Waals surface area (Å²) >= 11 is 0. The number of fused-ring (bicyclic) bond motifs is 1. The Morgan fingerprint density at radius 3 is 2.62 bits per heavy atom. The van der Waals surface area contributed by atoms with Crippen molar-refractivity contribution >= 4 is 18.3 Å². The molecule has 1 saturated carbocycles. The number of amides is 1. The van der Waals surface area contributed by atoms with Crippen molar-refractivity contribution in [2.24, 2.45) is 5.92 Å². The second-order valence-corrected chi connectivity index (χ2v) is 7.79. The van der Waals surface area contributed by atoms with E-state index < -0.39 is 0 Å². The van der Waals surface area contributed by atoms with E-state index in [-0.39, 0.29) is 18.4 Å². The number of carbonyl (C=O) groups is 1. The van der Waals surface area contributed by atoms with Gasteiger partial charge in [0.25, 0.3) is 0 Å². The van der Waals surface area contributed by atoms with Crippen LogP contribution in [0.1, 0.15) is 56.9 Å². The van der Waals surface area contributed by atoms with E-state index in [0.717, 1.165) is 25.3 Å². The number of likely N-dealkylation sites (tertiary alicyclic amines) is 1. The molecule has 4 rings (SSSR count). The van der Waals surface area contributed by atoms with Gasteiger partial charge in [0.15, 0.2) is 0 Å². The van der Waals surface area contributed by atoms with Crippen LogP contribution in [-0.4, -0.2) is 35.5 Å². The summed E-state index contributed by atoms with van der Waals surface area (Å²) < 4.78 is 0. The second-order valence-electron chi connectivity index (χ2n) is 7.79. The number of carbonyl (C=O) groups excluding carboxylic acids is 1. The van der Waals surface area contributed by atoms with Gasteiger partial charge < -0.3 is 10.2 Å². The minimum atomic E-state index is 0. The van der Waals surface area contributed by atoms with Crippen LogP contribution in [0.3, 0.4) is 0 Å². The first-order valence-electron chi connectivity index (χ1n) is 9.34. The fraction of sp³-hybridized carbons (Fsp3) is 0.650. The number of rotatable bonds is 2. The molecule has 4 heteroatoms. The van der Waals surface area contributed by atoms with Crippen LogP contribution in [0.2, 0.25) is 0 Å². The maximum Gasteiger partial charge on any atom is 0.239 e. The standard InChI is InChI=1S/C20H28N2O.ClH/c1-14-11-17(15-7-3-2-4-8-15)13-22(14)20(23)19-12-16-9-5-6-10-18(16)21-19;/h2-4,7-8,14,16-19,21H,5-6,9-13H2,1H3;1H. The number of hydrogen-bond donors (Lipinski definition) is 1. The van der Waals surface area contributed by atoms with Gasteiger partial charge in [0.1, 0.15) is 0 Å². The van der Waals surface area contributed by atoms with Gasteiger partial charge in [0, 0.05) is 24.5 Å². The quantitative estimate of drug-likeness (QED) is 0.883. The van der Waals surface area contributed by atoms with E-state index in [1.54, 1.807) is 0 Å². The summed E-state index contributed by atoms with van der Waals surface area (Å²) in [5.41, 5.74) is 1.38. The fourth-order valence-corrected chi connectivity index (χ4v) is 5.02. The maximum absolute atomic E-state index is 13.0. The Morgan fingerprint density at radius 1 is 1.12 bits per heavy atom. The van der Waals surface area contributed by atoms with E-state index in [2.05, 4.69) is 47.5 Å². The summed E-state index contributed by atoms with van der Waals surface area (Å²) in [6.45, 7) is 3.10. The Labute approximate surface area is 151 Å². The zero-order valence-corrected chi connectivity index (χ0v) is 15.3. The average molecular weight is 349 g/mol. The van der Waals surface area contributed by atoms with Crippen molar-refractivity contribution in [2.75, 3.05) is 6.54 Å². The summed E-state index contributed by atoms with van der Waals surface area (Å²) in [4.78, 5) is 15.2. The van der Waals surface area contributed by atoms with Gasteiger partial charge in [-0.25, -0.2) is 0 Å². The molecule has 132 valence electrons. The summed E-state index contributed by atoms with van der Waals surface area (Å²) in [5, 5.41) is 3.65. The van der Waals surface area contributed by atoms with E-state index in [4.69, 9.17) is 0 Å². The highest BCUT2D eigenvalue weighted by molar-refractivity contribution is 5.85. The Kier molecular flexibility index (Phi) is 5.51. The van der Waals surface area contributed by atoms with Crippen LogP contribution in [0, 0.1) is 5.92 Å². The number of nitrogens with one attached hydrogen (secondary N) is 1. The SMILES string of the molecule is CC1CC(c2ccccc2)CN1C(=O)C1CC2CCCCC2N1.Cl. The predicted octanol–water partition coefficient (Wildman–Crippen LogP) is 3.73. The zero-order valence-electron chi connectivity index (χ0n) is 14.5. The first kappa shape index (κ1) is 17.8. The molecule has 0 spiro atoms. The second kappa shape index (κ2) is 7.45. The summed E-state index contributed by atoms with van der Waals surface area (Å²) in [6, 6.07) is 11.7. The van der Waals surface area contributed by atoms with Crippen molar-refractivity contribution in [3.8, 4) is 0 Å². The maximum atomic E-state index is 13.0. The van der Waals surface area contributed by atoms with Crippen LogP contribution in [-0.2, 0) is 4.79 Å². The molecule has 1 aromatic rings. The van der Waals surface area contributed by atoms with Crippen LogP contribution >= 0.6 is 12.4 Å². The molecule has 5 atom stereocenters.